The molecular weight excluding hydrogens is 287 g/mol. The Morgan fingerprint density at radius 2 is 2.16 bits per heavy atom. The molecule has 1 unspecified atom stereocenters. The molecule has 6 heteroatoms. The van der Waals surface area contributed by atoms with Crippen LogP contribution < -0.4 is 15.4 Å². The molecule has 106 valence electrons. The second-order valence-electron chi connectivity index (χ2n) is 4.50. The molecule has 1 aromatic carbocycles. The highest BCUT2D eigenvalue weighted by molar-refractivity contribution is 6.31. The third-order valence-corrected chi connectivity index (χ3v) is 3.11. The van der Waals surface area contributed by atoms with Crippen LogP contribution in [0, 0.1) is 0 Å². The average molecular weight is 305 g/mol. The summed E-state index contributed by atoms with van der Waals surface area (Å²) in [6.07, 6.45) is 2.30. The summed E-state index contributed by atoms with van der Waals surface area (Å²) in [5.41, 5.74) is 0.597. The lowest BCUT2D eigenvalue weighted by molar-refractivity contribution is -0.117. The molecule has 0 aliphatic heterocycles. The van der Waals surface area contributed by atoms with E-state index >= 15 is 0 Å². The quantitative estimate of drug-likeness (QED) is 0.879. The number of amides is 1. The fourth-order valence-corrected chi connectivity index (χ4v) is 1.87. The topological polar surface area (TPSA) is 50.4 Å². The molecule has 2 N–H and O–H groups in total. The van der Waals surface area contributed by atoms with Crippen molar-refractivity contribution >= 4 is 35.6 Å². The van der Waals surface area contributed by atoms with E-state index in [0.29, 0.717) is 22.5 Å². The number of hydrogen-bond acceptors (Lipinski definition) is 3. The van der Waals surface area contributed by atoms with Gasteiger partial charge in [-0.3, -0.25) is 4.79 Å². The molecule has 4 nitrogen and oxygen atoms in total. The highest BCUT2D eigenvalue weighted by atomic mass is 35.5. The largest absolute Gasteiger partial charge is 0.495 e. The van der Waals surface area contributed by atoms with Gasteiger partial charge in [0.05, 0.1) is 18.8 Å². The lowest BCUT2D eigenvalue weighted by atomic mass is 10.2. The summed E-state index contributed by atoms with van der Waals surface area (Å²) >= 11 is 5.91. The summed E-state index contributed by atoms with van der Waals surface area (Å²) < 4.78 is 5.18. The molecule has 0 saturated heterocycles. The van der Waals surface area contributed by atoms with Gasteiger partial charge in [-0.25, -0.2) is 0 Å². The van der Waals surface area contributed by atoms with E-state index in [1.165, 1.54) is 0 Å². The van der Waals surface area contributed by atoms with Crippen molar-refractivity contribution in [2.24, 2.45) is 0 Å². The molecule has 0 heterocycles. The van der Waals surface area contributed by atoms with Crippen molar-refractivity contribution in [2.45, 2.75) is 31.8 Å². The molecule has 0 spiro atoms. The van der Waals surface area contributed by atoms with Gasteiger partial charge in [0.15, 0.2) is 0 Å². The van der Waals surface area contributed by atoms with Crippen LogP contribution >= 0.6 is 24.0 Å². The lowest BCUT2D eigenvalue weighted by Gasteiger charge is -2.15. The first-order valence-electron chi connectivity index (χ1n) is 6.00. The molecule has 1 aliphatic rings. The Morgan fingerprint density at radius 1 is 1.47 bits per heavy atom. The van der Waals surface area contributed by atoms with E-state index in [1.807, 2.05) is 6.92 Å². The summed E-state index contributed by atoms with van der Waals surface area (Å²) in [6, 6.07) is 5.41. The maximum Gasteiger partial charge on any atom is 0.241 e. The van der Waals surface area contributed by atoms with Crippen LogP contribution in [0.3, 0.4) is 0 Å². The average Bonchev–Trinajstić information content (AvgIpc) is 3.13. The fourth-order valence-electron chi connectivity index (χ4n) is 1.70. The summed E-state index contributed by atoms with van der Waals surface area (Å²) in [5, 5.41) is 6.63. The zero-order valence-corrected chi connectivity index (χ0v) is 12.5. The second kappa shape index (κ2) is 6.98. The van der Waals surface area contributed by atoms with Crippen molar-refractivity contribution in [2.75, 3.05) is 12.4 Å². The van der Waals surface area contributed by atoms with Crippen LogP contribution in [0.25, 0.3) is 0 Å². The monoisotopic (exact) mass is 304 g/mol. The Labute approximate surface area is 124 Å². The third kappa shape index (κ3) is 4.56. The molecule has 1 aromatic rings. The minimum Gasteiger partial charge on any atom is -0.495 e. The van der Waals surface area contributed by atoms with Crippen molar-refractivity contribution in [3.63, 3.8) is 0 Å². The van der Waals surface area contributed by atoms with Gasteiger partial charge >= 0.3 is 0 Å². The molecule has 0 radical (unpaired) electrons. The zero-order chi connectivity index (χ0) is 13.1. The van der Waals surface area contributed by atoms with Crippen LogP contribution in [0.2, 0.25) is 5.02 Å². The number of nitrogens with one attached hydrogen (secondary N) is 2. The van der Waals surface area contributed by atoms with E-state index in [4.69, 9.17) is 16.3 Å². The predicted molar refractivity (Wildman–Crippen MR) is 79.5 cm³/mol. The first-order chi connectivity index (χ1) is 8.60. The molecular formula is C13H18Cl2N2O2. The number of halogens is 2. The number of rotatable bonds is 5. The van der Waals surface area contributed by atoms with Crippen LogP contribution in [0.5, 0.6) is 5.75 Å². The summed E-state index contributed by atoms with van der Waals surface area (Å²) in [4.78, 5) is 12.0. The van der Waals surface area contributed by atoms with Crippen LogP contribution in [-0.2, 0) is 4.79 Å². The molecule has 1 saturated carbocycles. The van der Waals surface area contributed by atoms with Crippen molar-refractivity contribution in [1.82, 2.24) is 5.32 Å². The predicted octanol–water partition coefficient (Wildman–Crippen LogP) is 2.85. The van der Waals surface area contributed by atoms with Gasteiger partial charge in [0.1, 0.15) is 5.75 Å². The molecule has 2 rings (SSSR count). The van der Waals surface area contributed by atoms with E-state index in [9.17, 15) is 4.79 Å². The van der Waals surface area contributed by atoms with Gasteiger partial charge in [-0.15, -0.1) is 12.4 Å². The Hall–Kier alpha value is -0.970. The minimum atomic E-state index is -0.221. The summed E-state index contributed by atoms with van der Waals surface area (Å²) in [7, 11) is 1.56. The normalized spacial score (nSPS) is 15.3. The third-order valence-electron chi connectivity index (χ3n) is 2.88. The molecule has 19 heavy (non-hydrogen) atoms. The summed E-state index contributed by atoms with van der Waals surface area (Å²) in [5.74, 6) is 0.522. The van der Waals surface area contributed by atoms with Gasteiger partial charge in [0.25, 0.3) is 0 Å². The number of methoxy groups -OCH3 is 1. The smallest absolute Gasteiger partial charge is 0.241 e. The Morgan fingerprint density at radius 3 is 2.74 bits per heavy atom. The minimum absolute atomic E-state index is 0. The first kappa shape index (κ1) is 16.1. The summed E-state index contributed by atoms with van der Waals surface area (Å²) in [6.45, 7) is 1.85. The van der Waals surface area contributed by atoms with Crippen LogP contribution in [0.15, 0.2) is 18.2 Å². The zero-order valence-electron chi connectivity index (χ0n) is 10.9. The number of benzene rings is 1. The lowest BCUT2D eigenvalue weighted by Crippen LogP contribution is -2.39. The van der Waals surface area contributed by atoms with Crippen molar-refractivity contribution in [1.29, 1.82) is 0 Å². The van der Waals surface area contributed by atoms with E-state index in [-0.39, 0.29) is 24.4 Å². The Bertz CT molecular complexity index is 450. The number of hydrogen-bond donors (Lipinski definition) is 2. The van der Waals surface area contributed by atoms with Gasteiger partial charge in [-0.2, -0.15) is 0 Å². The van der Waals surface area contributed by atoms with Gasteiger partial charge in [0, 0.05) is 11.1 Å². The first-order valence-corrected chi connectivity index (χ1v) is 6.38. The van der Waals surface area contributed by atoms with Crippen molar-refractivity contribution in [3.8, 4) is 5.75 Å². The Balaban J connectivity index is 0.00000180. The van der Waals surface area contributed by atoms with Crippen molar-refractivity contribution in [3.05, 3.63) is 23.2 Å². The molecule has 1 amide bonds. The van der Waals surface area contributed by atoms with E-state index in [0.717, 1.165) is 12.8 Å². The van der Waals surface area contributed by atoms with Crippen LogP contribution in [0.4, 0.5) is 5.69 Å². The van der Waals surface area contributed by atoms with Gasteiger partial charge in [0.2, 0.25) is 5.91 Å². The van der Waals surface area contributed by atoms with Crippen LogP contribution in [-0.4, -0.2) is 25.1 Å². The highest BCUT2D eigenvalue weighted by Crippen LogP contribution is 2.28. The molecule has 1 aliphatic carbocycles. The highest BCUT2D eigenvalue weighted by Gasteiger charge is 2.25. The number of ether oxygens (including phenoxy) is 1. The molecule has 1 atom stereocenters. The molecule has 0 bridgehead atoms. The maximum atomic E-state index is 12.0. The van der Waals surface area contributed by atoms with Gasteiger partial charge in [-0.05, 0) is 38.0 Å². The number of carbonyl (C=O) groups is 1. The van der Waals surface area contributed by atoms with E-state index < -0.39 is 0 Å². The maximum absolute atomic E-state index is 12.0. The second-order valence-corrected chi connectivity index (χ2v) is 4.93. The molecule has 1 fully saturated rings. The van der Waals surface area contributed by atoms with Gasteiger partial charge < -0.3 is 15.4 Å². The van der Waals surface area contributed by atoms with E-state index in [2.05, 4.69) is 10.6 Å². The van der Waals surface area contributed by atoms with Crippen molar-refractivity contribution < 1.29 is 9.53 Å². The fraction of sp³-hybridized carbons (Fsp3) is 0.462. The van der Waals surface area contributed by atoms with Gasteiger partial charge in [-0.1, -0.05) is 11.6 Å². The Kier molecular flexibility index (Phi) is 5.91. The number of carbonyl (C=O) groups excluding carboxylic acids is 1. The molecule has 0 aromatic heterocycles. The van der Waals surface area contributed by atoms with Crippen LogP contribution in [0.1, 0.15) is 19.8 Å². The SMILES string of the molecule is COc1ccc(Cl)cc1NC(=O)C(C)NC1CC1.Cl. The number of anilines is 1. The van der Waals surface area contributed by atoms with E-state index in [1.54, 1.807) is 25.3 Å². The standard InChI is InChI=1S/C13H17ClN2O2.ClH/c1-8(15-10-4-5-10)13(17)16-11-7-9(14)3-6-12(11)18-2;/h3,6-8,10,15H,4-5H2,1-2H3,(H,16,17);1H.